The lowest BCUT2D eigenvalue weighted by Crippen LogP contribution is -2.38. The minimum atomic E-state index is 0. The number of nitrogens with one attached hydrogen (secondary N) is 2. The van der Waals surface area contributed by atoms with Crippen molar-refractivity contribution in [1.82, 2.24) is 10.6 Å². The van der Waals surface area contributed by atoms with Crippen LogP contribution in [0, 0.1) is 0 Å². The molecule has 0 aliphatic heterocycles. The Labute approximate surface area is 132 Å². The van der Waals surface area contributed by atoms with Gasteiger partial charge in [0, 0.05) is 25.6 Å². The Bertz CT molecular complexity index is 443. The number of rotatable bonds is 5. The van der Waals surface area contributed by atoms with E-state index in [0.29, 0.717) is 5.92 Å². The van der Waals surface area contributed by atoms with Gasteiger partial charge in [-0.15, -0.1) is 30.6 Å². The van der Waals surface area contributed by atoms with Gasteiger partial charge < -0.3 is 10.6 Å². The van der Waals surface area contributed by atoms with E-state index >= 15 is 0 Å². The molecule has 0 aromatic heterocycles. The van der Waals surface area contributed by atoms with Crippen LogP contribution in [0.2, 0.25) is 0 Å². The molecular formula is C15H22IN3. The number of hydrogen-bond acceptors (Lipinski definition) is 1. The first-order valence-electron chi connectivity index (χ1n) is 6.56. The molecule has 0 bridgehead atoms. The van der Waals surface area contributed by atoms with Crippen molar-refractivity contribution < 1.29 is 0 Å². The molecule has 2 rings (SSSR count). The lowest BCUT2D eigenvalue weighted by atomic mass is 9.78. The largest absolute Gasteiger partial charge is 0.357 e. The Morgan fingerprint density at radius 2 is 2.21 bits per heavy atom. The van der Waals surface area contributed by atoms with Crippen LogP contribution < -0.4 is 10.6 Å². The van der Waals surface area contributed by atoms with Gasteiger partial charge in [0.15, 0.2) is 5.96 Å². The quantitative estimate of drug-likeness (QED) is 0.361. The van der Waals surface area contributed by atoms with Crippen molar-refractivity contribution >= 4 is 29.9 Å². The summed E-state index contributed by atoms with van der Waals surface area (Å²) >= 11 is 0. The van der Waals surface area contributed by atoms with E-state index in [4.69, 9.17) is 0 Å². The third-order valence-corrected chi connectivity index (χ3v) is 3.19. The van der Waals surface area contributed by atoms with Gasteiger partial charge in [0.2, 0.25) is 0 Å². The molecule has 19 heavy (non-hydrogen) atoms. The van der Waals surface area contributed by atoms with E-state index in [1.165, 1.54) is 11.1 Å². The number of hydrogen-bond donors (Lipinski definition) is 2. The van der Waals surface area contributed by atoms with Gasteiger partial charge in [0.25, 0.3) is 0 Å². The molecule has 1 aromatic rings. The average Bonchev–Trinajstić information content (AvgIpc) is 2.37. The molecule has 1 aliphatic rings. The Kier molecular flexibility index (Phi) is 6.91. The Morgan fingerprint density at radius 1 is 1.42 bits per heavy atom. The third kappa shape index (κ3) is 4.23. The topological polar surface area (TPSA) is 36.4 Å². The second kappa shape index (κ2) is 8.19. The zero-order valence-electron chi connectivity index (χ0n) is 11.4. The third-order valence-electron chi connectivity index (χ3n) is 3.19. The zero-order valence-corrected chi connectivity index (χ0v) is 13.7. The smallest absolute Gasteiger partial charge is 0.191 e. The van der Waals surface area contributed by atoms with Gasteiger partial charge in [-0.3, -0.25) is 4.99 Å². The zero-order chi connectivity index (χ0) is 12.8. The number of benzene rings is 1. The minimum Gasteiger partial charge on any atom is -0.357 e. The van der Waals surface area contributed by atoms with E-state index in [1.807, 2.05) is 6.08 Å². The standard InChI is InChI=1S/C15H21N3.HI/c1-3-9-17-15(16-4-2)18-11-13-10-12-7-5-6-8-14(12)13;/h3,5-8,13H,1,4,9-11H2,2H3,(H2,16,17,18);1H. The fraction of sp³-hybridized carbons (Fsp3) is 0.400. The highest BCUT2D eigenvalue weighted by Crippen LogP contribution is 2.34. The van der Waals surface area contributed by atoms with Gasteiger partial charge >= 0.3 is 0 Å². The van der Waals surface area contributed by atoms with Crippen molar-refractivity contribution in [3.63, 3.8) is 0 Å². The molecule has 1 atom stereocenters. The normalized spacial score (nSPS) is 16.7. The van der Waals surface area contributed by atoms with Crippen molar-refractivity contribution in [3.8, 4) is 0 Å². The van der Waals surface area contributed by atoms with Crippen molar-refractivity contribution in [1.29, 1.82) is 0 Å². The van der Waals surface area contributed by atoms with Gasteiger partial charge in [-0.05, 0) is 24.5 Å². The molecular weight excluding hydrogens is 349 g/mol. The molecule has 0 radical (unpaired) electrons. The van der Waals surface area contributed by atoms with E-state index < -0.39 is 0 Å². The number of nitrogens with zero attached hydrogens (tertiary/aromatic N) is 1. The first kappa shape index (κ1) is 16.0. The summed E-state index contributed by atoms with van der Waals surface area (Å²) in [5.74, 6) is 1.46. The first-order chi connectivity index (χ1) is 8.85. The summed E-state index contributed by atoms with van der Waals surface area (Å²) in [7, 11) is 0. The Hall–Kier alpha value is -1.04. The number of aliphatic imine (C=N–C) groups is 1. The van der Waals surface area contributed by atoms with Crippen molar-refractivity contribution in [2.75, 3.05) is 19.6 Å². The highest BCUT2D eigenvalue weighted by Gasteiger charge is 2.24. The SMILES string of the molecule is C=CCNC(=NCC1Cc2ccccc21)NCC.I. The fourth-order valence-electron chi connectivity index (χ4n) is 2.24. The number of fused-ring (bicyclic) bond motifs is 1. The van der Waals surface area contributed by atoms with Crippen molar-refractivity contribution in [3.05, 3.63) is 48.0 Å². The van der Waals surface area contributed by atoms with Crippen LogP contribution in [0.3, 0.4) is 0 Å². The summed E-state index contributed by atoms with van der Waals surface area (Å²) in [6.07, 6.45) is 2.99. The maximum absolute atomic E-state index is 4.62. The monoisotopic (exact) mass is 371 g/mol. The van der Waals surface area contributed by atoms with Gasteiger partial charge in [0.05, 0.1) is 0 Å². The van der Waals surface area contributed by atoms with Crippen LogP contribution in [0.4, 0.5) is 0 Å². The van der Waals surface area contributed by atoms with Crippen LogP contribution in [-0.2, 0) is 6.42 Å². The van der Waals surface area contributed by atoms with Crippen LogP contribution in [0.25, 0.3) is 0 Å². The summed E-state index contributed by atoms with van der Waals surface area (Å²) in [6.45, 7) is 8.25. The number of halogens is 1. The Morgan fingerprint density at radius 3 is 2.89 bits per heavy atom. The highest BCUT2D eigenvalue weighted by atomic mass is 127. The molecule has 1 aliphatic carbocycles. The summed E-state index contributed by atoms with van der Waals surface area (Å²) in [6, 6.07) is 8.63. The second-order valence-corrected chi connectivity index (χ2v) is 4.49. The van der Waals surface area contributed by atoms with E-state index in [1.54, 1.807) is 0 Å². The average molecular weight is 371 g/mol. The molecule has 104 valence electrons. The molecule has 0 amide bonds. The van der Waals surface area contributed by atoms with Crippen molar-refractivity contribution in [2.24, 2.45) is 4.99 Å². The van der Waals surface area contributed by atoms with E-state index in [9.17, 15) is 0 Å². The summed E-state index contributed by atoms with van der Waals surface area (Å²) in [5, 5.41) is 6.45. The van der Waals surface area contributed by atoms with Crippen LogP contribution in [0.1, 0.15) is 24.0 Å². The summed E-state index contributed by atoms with van der Waals surface area (Å²) < 4.78 is 0. The molecule has 3 nitrogen and oxygen atoms in total. The van der Waals surface area contributed by atoms with Crippen molar-refractivity contribution in [2.45, 2.75) is 19.3 Å². The summed E-state index contributed by atoms with van der Waals surface area (Å²) in [4.78, 5) is 4.62. The maximum atomic E-state index is 4.62. The molecule has 0 saturated heterocycles. The lowest BCUT2D eigenvalue weighted by Gasteiger charge is -2.28. The lowest BCUT2D eigenvalue weighted by molar-refractivity contribution is 0.615. The Balaban J connectivity index is 0.00000180. The first-order valence-corrected chi connectivity index (χ1v) is 6.56. The minimum absolute atomic E-state index is 0. The second-order valence-electron chi connectivity index (χ2n) is 4.49. The van der Waals surface area contributed by atoms with Gasteiger partial charge in [-0.25, -0.2) is 0 Å². The molecule has 0 saturated carbocycles. The van der Waals surface area contributed by atoms with Gasteiger partial charge in [-0.2, -0.15) is 0 Å². The fourth-order valence-corrected chi connectivity index (χ4v) is 2.24. The van der Waals surface area contributed by atoms with Crippen LogP contribution in [0.15, 0.2) is 41.9 Å². The van der Waals surface area contributed by atoms with E-state index in [-0.39, 0.29) is 24.0 Å². The van der Waals surface area contributed by atoms with E-state index in [2.05, 4.69) is 53.4 Å². The molecule has 0 heterocycles. The predicted molar refractivity (Wildman–Crippen MR) is 92.5 cm³/mol. The van der Waals surface area contributed by atoms with Crippen LogP contribution in [0.5, 0.6) is 0 Å². The molecule has 4 heteroatoms. The molecule has 1 aromatic carbocycles. The van der Waals surface area contributed by atoms with Crippen LogP contribution in [-0.4, -0.2) is 25.6 Å². The maximum Gasteiger partial charge on any atom is 0.191 e. The number of guanidine groups is 1. The molecule has 2 N–H and O–H groups in total. The molecule has 1 unspecified atom stereocenters. The van der Waals surface area contributed by atoms with E-state index in [0.717, 1.165) is 32.0 Å². The van der Waals surface area contributed by atoms with Crippen LogP contribution >= 0.6 is 24.0 Å². The van der Waals surface area contributed by atoms with Gasteiger partial charge in [-0.1, -0.05) is 30.3 Å². The molecule has 0 fully saturated rings. The predicted octanol–water partition coefficient (Wildman–Crippen LogP) is 2.69. The highest BCUT2D eigenvalue weighted by molar-refractivity contribution is 14.0. The summed E-state index contributed by atoms with van der Waals surface area (Å²) in [5.41, 5.74) is 2.93. The van der Waals surface area contributed by atoms with Gasteiger partial charge in [0.1, 0.15) is 0 Å². The molecule has 0 spiro atoms.